The first-order valence-electron chi connectivity index (χ1n) is 13.2. The molecule has 3 aliphatic rings. The summed E-state index contributed by atoms with van der Waals surface area (Å²) < 4.78 is 11.5. The van der Waals surface area contributed by atoms with Gasteiger partial charge >= 0.3 is 0 Å². The number of fused-ring (bicyclic) bond motifs is 2. The fourth-order valence-corrected chi connectivity index (χ4v) is 6.26. The minimum absolute atomic E-state index is 0.327. The van der Waals surface area contributed by atoms with E-state index in [1.807, 2.05) is 35.1 Å². The number of nitrogens with one attached hydrogen (secondary N) is 2. The summed E-state index contributed by atoms with van der Waals surface area (Å²) >= 11 is 13.4. The largest absolute Gasteiger partial charge is 0.380 e. The smallest absolute Gasteiger partial charge is 0.110 e. The van der Waals surface area contributed by atoms with E-state index >= 15 is 0 Å². The quantitative estimate of drug-likeness (QED) is 0.274. The third-order valence-corrected chi connectivity index (χ3v) is 8.48. The lowest BCUT2D eigenvalue weighted by atomic mass is 10.0. The van der Waals surface area contributed by atoms with Gasteiger partial charge in [-0.15, -0.1) is 5.10 Å². The average molecular weight is 531 g/mol. The lowest BCUT2D eigenvalue weighted by Gasteiger charge is -2.21. The first-order chi connectivity index (χ1) is 18.5. The number of nitriles is 1. The number of nitrogens with zero attached hydrogens (tertiary/aromatic N) is 5. The average Bonchev–Trinajstić information content (AvgIpc) is 3.73. The monoisotopic (exact) mass is 530 g/mol. The summed E-state index contributed by atoms with van der Waals surface area (Å²) in [5.41, 5.74) is 3.41. The minimum atomic E-state index is -1.54. The number of anilines is 2. The van der Waals surface area contributed by atoms with Crippen LogP contribution in [0.2, 0.25) is 10.0 Å². The number of hydrogen-bond donors (Lipinski definition) is 2. The standard InChI is InChI=1S/C28H25Cl2N7/c29-22-7-2-1-4-20(22)28(24-14-37(36-35-24)17-8-9-17)33-16-10-21-25(34-26-18-5-3-6-19(18)26)15(12-31)13-32-27(21)23(30)11-16/h1-2,4,7,10-11,13-14,17-19,26,28,33H,3,5-6,8-9H2,(H,32,34)/t18-,19+,26?,28?/i28D. The Kier molecular flexibility index (Phi) is 5.22. The molecule has 37 heavy (non-hydrogen) atoms. The summed E-state index contributed by atoms with van der Waals surface area (Å²) in [5.74, 6) is 1.33. The molecule has 4 atom stereocenters. The molecule has 0 radical (unpaired) electrons. The van der Waals surface area contributed by atoms with Crippen molar-refractivity contribution >= 4 is 45.5 Å². The van der Waals surface area contributed by atoms with Gasteiger partial charge in [0.1, 0.15) is 11.8 Å². The van der Waals surface area contributed by atoms with Gasteiger partial charge in [0.2, 0.25) is 0 Å². The van der Waals surface area contributed by atoms with Crippen molar-refractivity contribution in [1.29, 1.82) is 5.26 Å². The molecule has 2 aromatic heterocycles. The Balaban J connectivity index is 1.33. The molecule has 0 bridgehead atoms. The molecule has 9 heteroatoms. The maximum atomic E-state index is 9.88. The van der Waals surface area contributed by atoms with Crippen LogP contribution in [-0.4, -0.2) is 26.0 Å². The van der Waals surface area contributed by atoms with E-state index in [-0.39, 0.29) is 0 Å². The molecular formula is C28H25Cl2N7. The van der Waals surface area contributed by atoms with Gasteiger partial charge in [0.05, 0.1) is 41.4 Å². The Labute approximate surface area is 226 Å². The summed E-state index contributed by atoms with van der Waals surface area (Å²) in [4.78, 5) is 4.49. The maximum absolute atomic E-state index is 9.88. The highest BCUT2D eigenvalue weighted by atomic mass is 35.5. The molecule has 0 aliphatic heterocycles. The zero-order valence-electron chi connectivity index (χ0n) is 21.0. The van der Waals surface area contributed by atoms with Gasteiger partial charge in [-0.2, -0.15) is 5.26 Å². The molecule has 7 nitrogen and oxygen atoms in total. The van der Waals surface area contributed by atoms with Crippen molar-refractivity contribution in [3.8, 4) is 6.07 Å². The number of rotatable bonds is 7. The van der Waals surface area contributed by atoms with E-state index in [1.165, 1.54) is 19.3 Å². The molecule has 7 rings (SSSR count). The molecule has 0 saturated heterocycles. The van der Waals surface area contributed by atoms with Crippen LogP contribution in [0.3, 0.4) is 0 Å². The molecule has 4 aromatic rings. The minimum Gasteiger partial charge on any atom is -0.380 e. The number of aromatic nitrogens is 4. The Morgan fingerprint density at radius 3 is 2.68 bits per heavy atom. The molecule has 0 spiro atoms. The van der Waals surface area contributed by atoms with Crippen LogP contribution in [0.4, 0.5) is 11.4 Å². The van der Waals surface area contributed by atoms with Crippen molar-refractivity contribution in [2.24, 2.45) is 11.8 Å². The van der Waals surface area contributed by atoms with E-state index in [0.717, 1.165) is 23.9 Å². The predicted molar refractivity (Wildman–Crippen MR) is 145 cm³/mol. The van der Waals surface area contributed by atoms with Crippen molar-refractivity contribution < 1.29 is 1.37 Å². The van der Waals surface area contributed by atoms with Crippen LogP contribution in [0.15, 0.2) is 48.8 Å². The summed E-state index contributed by atoms with van der Waals surface area (Å²) in [6, 6.07) is 12.4. The topological polar surface area (TPSA) is 91.5 Å². The zero-order valence-corrected chi connectivity index (χ0v) is 21.5. The van der Waals surface area contributed by atoms with Crippen LogP contribution < -0.4 is 10.6 Å². The molecule has 3 fully saturated rings. The van der Waals surface area contributed by atoms with Crippen molar-refractivity contribution in [2.75, 3.05) is 10.6 Å². The first-order valence-corrected chi connectivity index (χ1v) is 13.5. The van der Waals surface area contributed by atoms with Crippen molar-refractivity contribution in [2.45, 2.75) is 50.2 Å². The Bertz CT molecular complexity index is 1600. The second kappa shape index (κ2) is 8.90. The van der Waals surface area contributed by atoms with Gasteiger partial charge in [-0.3, -0.25) is 4.98 Å². The number of halogens is 2. The van der Waals surface area contributed by atoms with E-state index in [4.69, 9.17) is 23.2 Å². The highest BCUT2D eigenvalue weighted by Crippen LogP contribution is 2.54. The van der Waals surface area contributed by atoms with Crippen LogP contribution in [0.5, 0.6) is 0 Å². The molecular weight excluding hydrogens is 505 g/mol. The van der Waals surface area contributed by atoms with Gasteiger partial charge in [-0.05, 0) is 61.3 Å². The van der Waals surface area contributed by atoms with Crippen molar-refractivity contribution in [3.05, 3.63) is 75.7 Å². The molecule has 3 saturated carbocycles. The van der Waals surface area contributed by atoms with Gasteiger partial charge in [-0.25, -0.2) is 4.68 Å². The van der Waals surface area contributed by atoms with Gasteiger partial charge < -0.3 is 10.6 Å². The number of hydrogen-bond acceptors (Lipinski definition) is 6. The summed E-state index contributed by atoms with van der Waals surface area (Å²) in [6.07, 6.45) is 9.23. The lowest BCUT2D eigenvalue weighted by Crippen LogP contribution is -2.14. The first kappa shape index (κ1) is 21.7. The maximum Gasteiger partial charge on any atom is 0.110 e. The predicted octanol–water partition coefficient (Wildman–Crippen LogP) is 6.75. The van der Waals surface area contributed by atoms with Gasteiger partial charge in [0.15, 0.2) is 0 Å². The second-order valence-corrected chi connectivity index (χ2v) is 11.1. The second-order valence-electron chi connectivity index (χ2n) is 10.2. The molecule has 2 aromatic carbocycles. The SMILES string of the molecule is [2H]C(Nc1cc(Cl)c2ncc(C#N)c(NC3[C@H]4CCC[C@@H]34)c2c1)(c1cn(C2CC2)nn1)c1ccccc1Cl. The van der Waals surface area contributed by atoms with E-state index in [2.05, 4.69) is 32.0 Å². The molecule has 3 aliphatic carbocycles. The van der Waals surface area contributed by atoms with Crippen LogP contribution in [0, 0.1) is 23.2 Å². The van der Waals surface area contributed by atoms with Crippen LogP contribution in [0.1, 0.15) is 62.4 Å². The van der Waals surface area contributed by atoms with Gasteiger partial charge in [-0.1, -0.05) is 53.0 Å². The summed E-state index contributed by atoms with van der Waals surface area (Å²) in [7, 11) is 0. The summed E-state index contributed by atoms with van der Waals surface area (Å²) in [6.45, 7) is 0. The van der Waals surface area contributed by atoms with Crippen molar-refractivity contribution in [3.63, 3.8) is 0 Å². The van der Waals surface area contributed by atoms with E-state index < -0.39 is 6.02 Å². The third kappa shape index (κ3) is 4.09. The molecule has 2 N–H and O–H groups in total. The fourth-order valence-electron chi connectivity index (χ4n) is 5.76. The molecule has 2 heterocycles. The van der Waals surface area contributed by atoms with Gasteiger partial charge in [0, 0.05) is 28.3 Å². The van der Waals surface area contributed by atoms with Gasteiger partial charge in [0.25, 0.3) is 0 Å². The molecule has 2 unspecified atom stereocenters. The Morgan fingerprint density at radius 2 is 1.92 bits per heavy atom. The number of pyridine rings is 1. The highest BCUT2D eigenvalue weighted by molar-refractivity contribution is 6.36. The van der Waals surface area contributed by atoms with E-state index in [1.54, 1.807) is 18.3 Å². The highest BCUT2D eigenvalue weighted by Gasteiger charge is 2.52. The van der Waals surface area contributed by atoms with Crippen LogP contribution >= 0.6 is 23.2 Å². The van der Waals surface area contributed by atoms with Crippen molar-refractivity contribution in [1.82, 2.24) is 20.0 Å². The molecule has 186 valence electrons. The lowest BCUT2D eigenvalue weighted by molar-refractivity contribution is 0.610. The normalized spacial score (nSPS) is 24.1. The molecule has 0 amide bonds. The Morgan fingerprint density at radius 1 is 1.11 bits per heavy atom. The van der Waals surface area contributed by atoms with E-state index in [9.17, 15) is 6.63 Å². The van der Waals surface area contributed by atoms with E-state index in [0.29, 0.717) is 62.0 Å². The van der Waals surface area contributed by atoms with Crippen LogP contribution in [0.25, 0.3) is 10.9 Å². The third-order valence-electron chi connectivity index (χ3n) is 7.86. The zero-order chi connectivity index (χ0) is 26.0. The number of benzene rings is 2. The Hall–Kier alpha value is -3.34. The fraction of sp³-hybridized carbons (Fsp3) is 0.357. The summed E-state index contributed by atoms with van der Waals surface area (Å²) in [5, 5.41) is 27.2. The van der Waals surface area contributed by atoms with Crippen LogP contribution in [-0.2, 0) is 0 Å².